The Morgan fingerprint density at radius 2 is 0.550 bits per heavy atom. The van der Waals surface area contributed by atoms with Crippen LogP contribution in [-0.2, 0) is 101 Å². The monoisotopic (exact) mass is 1850 g/mol. The fourth-order valence-electron chi connectivity index (χ4n) is 18.8. The Bertz CT molecular complexity index is 5230. The van der Waals surface area contributed by atoms with Crippen LogP contribution in [0, 0.1) is 0 Å². The molecule has 0 amide bonds. The molecule has 0 spiro atoms. The van der Waals surface area contributed by atoms with E-state index in [0.29, 0.717) is 70.3 Å². The summed E-state index contributed by atoms with van der Waals surface area (Å²) in [5.41, 5.74) is 13.7. The first kappa shape index (κ1) is 81.5. The summed E-state index contributed by atoms with van der Waals surface area (Å²) in [5, 5.41) is 4.29. The summed E-state index contributed by atoms with van der Waals surface area (Å²) < 4.78 is 112. The molecule has 0 aromatic carbocycles. The van der Waals surface area contributed by atoms with Gasteiger partial charge in [-0.3, -0.25) is 0 Å². The van der Waals surface area contributed by atoms with Crippen molar-refractivity contribution in [2.45, 2.75) is 227 Å². The molecule has 12 aromatic rings. The van der Waals surface area contributed by atoms with E-state index >= 15 is 0 Å². The van der Waals surface area contributed by atoms with Crippen LogP contribution in [0.2, 0.25) is 32.8 Å². The molecular weight excluding hydrogens is 1780 g/mol. The first-order valence-electron chi connectivity index (χ1n) is 39.3. The van der Waals surface area contributed by atoms with Crippen LogP contribution < -0.4 is 5.73 Å². The lowest BCUT2D eigenvalue weighted by Gasteiger charge is -2.31. The normalized spacial score (nSPS) is 32.5. The number of thiophene rings is 4. The van der Waals surface area contributed by atoms with E-state index in [1.54, 1.807) is 45.3 Å². The molecule has 0 bridgehead atoms. The molecular formula is C80H78Cl7N13O16S4. The van der Waals surface area contributed by atoms with Gasteiger partial charge in [-0.05, 0) is 152 Å². The lowest BCUT2D eigenvalue weighted by atomic mass is 9.99. The van der Waals surface area contributed by atoms with E-state index in [4.69, 9.17) is 163 Å². The zero-order chi connectivity index (χ0) is 82.5. The van der Waals surface area contributed by atoms with Crippen molar-refractivity contribution >= 4 is 177 Å². The van der Waals surface area contributed by atoms with Crippen LogP contribution in [0.1, 0.15) is 146 Å². The molecule has 632 valence electrons. The second-order valence-corrected chi connectivity index (χ2v) is 40.7. The molecule has 12 aromatic heterocycles. The molecule has 20 atom stereocenters. The second-order valence-electron chi connectivity index (χ2n) is 32.7. The number of nitrogen functional groups attached to an aromatic ring is 1. The van der Waals surface area contributed by atoms with Crippen LogP contribution in [0.25, 0.3) is 44.1 Å². The third-order valence-electron chi connectivity index (χ3n) is 23.4. The summed E-state index contributed by atoms with van der Waals surface area (Å²) in [6.45, 7) is 17.8. The summed E-state index contributed by atoms with van der Waals surface area (Å²) in [6, 6.07) is 15.7. The third-order valence-corrected chi connectivity index (χ3v) is 29.8. The zero-order valence-electron chi connectivity index (χ0n) is 65.2. The van der Waals surface area contributed by atoms with Crippen molar-refractivity contribution in [1.29, 1.82) is 0 Å². The third kappa shape index (κ3) is 14.5. The minimum absolute atomic E-state index is 0.261. The van der Waals surface area contributed by atoms with E-state index in [1.165, 1.54) is 47.6 Å². The van der Waals surface area contributed by atoms with Gasteiger partial charge in [-0.15, -0.1) is 45.3 Å². The van der Waals surface area contributed by atoms with Gasteiger partial charge in [0, 0.05) is 44.3 Å². The van der Waals surface area contributed by atoms with Crippen molar-refractivity contribution in [1.82, 2.24) is 58.1 Å². The molecule has 0 saturated carbocycles. The lowest BCUT2D eigenvalue weighted by molar-refractivity contribution is -0.212. The maximum Gasteiger partial charge on any atom is 0.164 e. The van der Waals surface area contributed by atoms with E-state index in [1.807, 2.05) is 147 Å². The molecule has 0 aliphatic carbocycles. The van der Waals surface area contributed by atoms with Gasteiger partial charge >= 0.3 is 0 Å². The number of nitrogens with two attached hydrogens (primary N) is 1. The second kappa shape index (κ2) is 31.2. The molecule has 24 heterocycles. The summed E-state index contributed by atoms with van der Waals surface area (Å²) >= 11 is 50.1. The quantitative estimate of drug-likeness (QED) is 0.138. The van der Waals surface area contributed by atoms with Gasteiger partial charge in [-0.1, -0.05) is 81.2 Å². The summed E-state index contributed by atoms with van der Waals surface area (Å²) in [5.74, 6) is -2.47. The molecule has 24 rings (SSSR count). The maximum absolute atomic E-state index is 6.57. The lowest BCUT2D eigenvalue weighted by Crippen LogP contribution is -2.36. The standard InChI is InChI=1S/3C20H19Cl2N3O4S.C20H21ClN4O4S/c4*1-20(2)28-13-12(14-16-9(4-6-26-14)7-11(21)30-16)27-19(15(13)29-20)25-5-3-10-17(22)23-8-24-18(10)25/h3*3,5,7-8,12-15,19H,4,6H2,1-2H3;3,5,7-8,12-15,19H,4,6H2,1-2H3,(H2,22,23,24)/t12-,13+,14+,15+,19+;3*12-,13+,14-,15+,19+/m0000/s1. The number of halogens is 7. The number of fused-ring (bicyclic) bond motifs is 12. The number of rotatable bonds is 8. The number of aromatic nitrogens is 12. The number of ether oxygens (including phenoxy) is 16. The van der Waals surface area contributed by atoms with Crippen molar-refractivity contribution in [2.75, 3.05) is 32.2 Å². The van der Waals surface area contributed by atoms with Gasteiger partial charge < -0.3 is 99.8 Å². The molecule has 2 N–H and O–H groups in total. The maximum atomic E-state index is 6.57. The van der Waals surface area contributed by atoms with Gasteiger partial charge in [0.15, 0.2) is 48.1 Å². The van der Waals surface area contributed by atoms with Crippen LogP contribution >= 0.6 is 127 Å². The highest BCUT2D eigenvalue weighted by Gasteiger charge is 2.64. The SMILES string of the molecule is CC1(C)O[C@H]2[C@@H](O1)[C@H](n1ccc3c(Cl)ncnc31)O[C@@H]2[C@@H]1OCCc2cc(Cl)sc21.CC1(C)O[C@H]2[C@@H](O1)[C@H](n1ccc3c(Cl)ncnc31)O[C@@H]2[C@@H]1OCCc2cc(Cl)sc21.CC1(C)O[C@H]2[C@@H](O1)[C@H](n1ccc3c(Cl)ncnc31)O[C@@H]2[C@H]1OCCc2cc(Cl)sc21.CC1(C)O[C@H]2[C@@H](O1)[C@H](n1ccc3c(N)ncnc31)O[C@@H]2[C@@H]1OCCc2cc(Cl)sc21. The molecule has 29 nitrogen and oxygen atoms in total. The molecule has 12 aliphatic rings. The number of hydrogen-bond acceptors (Lipinski definition) is 29. The highest BCUT2D eigenvalue weighted by atomic mass is 35.5. The number of hydrogen-bond donors (Lipinski definition) is 1. The van der Waals surface area contributed by atoms with Gasteiger partial charge in [0.05, 0.1) is 65.3 Å². The first-order chi connectivity index (χ1) is 57.6. The van der Waals surface area contributed by atoms with E-state index < -0.39 is 48.1 Å². The predicted molar refractivity (Wildman–Crippen MR) is 447 cm³/mol. The van der Waals surface area contributed by atoms with Gasteiger partial charge in [0.1, 0.15) is 167 Å². The molecule has 40 heteroatoms. The van der Waals surface area contributed by atoms with E-state index in [-0.39, 0.29) is 97.7 Å². The number of nitrogens with zero attached hydrogens (tertiary/aromatic N) is 12. The van der Waals surface area contributed by atoms with Crippen molar-refractivity contribution < 1.29 is 75.8 Å². The molecule has 0 radical (unpaired) electrons. The largest absolute Gasteiger partial charge is 0.383 e. The predicted octanol–water partition coefficient (Wildman–Crippen LogP) is 17.1. The van der Waals surface area contributed by atoms with Crippen LogP contribution in [0.4, 0.5) is 5.82 Å². The van der Waals surface area contributed by atoms with Gasteiger partial charge in [0.25, 0.3) is 0 Å². The summed E-state index contributed by atoms with van der Waals surface area (Å²) in [7, 11) is 0. The molecule has 120 heavy (non-hydrogen) atoms. The van der Waals surface area contributed by atoms with Crippen LogP contribution in [0.15, 0.2) is 98.6 Å². The van der Waals surface area contributed by atoms with E-state index in [0.717, 1.165) is 84.1 Å². The Labute approximate surface area is 736 Å². The fourth-order valence-corrected chi connectivity index (χ4v) is 25.0. The van der Waals surface area contributed by atoms with Crippen molar-refractivity contribution in [3.63, 3.8) is 0 Å². The topological polar surface area (TPSA) is 297 Å². The van der Waals surface area contributed by atoms with Gasteiger partial charge in [-0.25, -0.2) is 39.9 Å². The van der Waals surface area contributed by atoms with Crippen LogP contribution in [0.3, 0.4) is 0 Å². The molecule has 0 unspecified atom stereocenters. The highest BCUT2D eigenvalue weighted by molar-refractivity contribution is 7.17. The van der Waals surface area contributed by atoms with Gasteiger partial charge in [-0.2, -0.15) is 0 Å². The minimum atomic E-state index is -0.726. The average molecular weight is 1850 g/mol. The smallest absolute Gasteiger partial charge is 0.164 e. The zero-order valence-corrected chi connectivity index (χ0v) is 73.8. The Hall–Kier alpha value is -5.53. The van der Waals surface area contributed by atoms with Crippen LogP contribution in [0.5, 0.6) is 0 Å². The molecule has 12 aliphatic heterocycles. The van der Waals surface area contributed by atoms with Crippen molar-refractivity contribution in [3.8, 4) is 0 Å². The molecule has 8 fully saturated rings. The fraction of sp³-hybridized carbons (Fsp3) is 0.500. The average Bonchev–Trinajstić information content (AvgIpc) is 1.59. The summed E-state index contributed by atoms with van der Waals surface area (Å²) in [6.07, 6.45) is 10.2. The Balaban J connectivity index is 0.0000000990. The van der Waals surface area contributed by atoms with Gasteiger partial charge in [0.2, 0.25) is 0 Å². The van der Waals surface area contributed by atoms with E-state index in [9.17, 15) is 0 Å². The van der Waals surface area contributed by atoms with E-state index in [2.05, 4.69) is 39.9 Å². The van der Waals surface area contributed by atoms with Crippen molar-refractivity contribution in [2.24, 2.45) is 0 Å². The number of anilines is 1. The highest BCUT2D eigenvalue weighted by Crippen LogP contribution is 2.57. The summed E-state index contributed by atoms with van der Waals surface area (Å²) in [4.78, 5) is 38.4. The minimum Gasteiger partial charge on any atom is -0.383 e. The Kier molecular flexibility index (Phi) is 21.2. The Morgan fingerprint density at radius 3 is 0.817 bits per heavy atom. The Morgan fingerprint density at radius 1 is 0.317 bits per heavy atom. The van der Waals surface area contributed by atoms with Crippen molar-refractivity contribution in [3.05, 3.63) is 173 Å². The molecule has 8 saturated heterocycles. The van der Waals surface area contributed by atoms with Crippen LogP contribution in [-0.4, -0.2) is 181 Å². The first-order valence-corrected chi connectivity index (χ1v) is 45.2.